The van der Waals surface area contributed by atoms with E-state index in [0.717, 1.165) is 4.31 Å². The summed E-state index contributed by atoms with van der Waals surface area (Å²) < 4.78 is 38.9. The van der Waals surface area contributed by atoms with Crippen LogP contribution in [0.1, 0.15) is 18.9 Å². The van der Waals surface area contributed by atoms with Crippen LogP contribution in [0.25, 0.3) is 0 Å². The van der Waals surface area contributed by atoms with E-state index in [1.807, 2.05) is 0 Å². The van der Waals surface area contributed by atoms with E-state index in [-0.39, 0.29) is 11.5 Å². The molecule has 1 saturated heterocycles. The first-order valence-corrected chi connectivity index (χ1v) is 12.3. The van der Waals surface area contributed by atoms with Gasteiger partial charge in [0.2, 0.25) is 10.0 Å². The van der Waals surface area contributed by atoms with Gasteiger partial charge in [-0.2, -0.15) is 4.31 Å². The van der Waals surface area contributed by atoms with Gasteiger partial charge in [-0.1, -0.05) is 30.3 Å². The summed E-state index contributed by atoms with van der Waals surface area (Å²) >= 11 is 0. The van der Waals surface area contributed by atoms with Crippen LogP contribution in [-0.4, -0.2) is 71.6 Å². The van der Waals surface area contributed by atoms with Gasteiger partial charge in [0, 0.05) is 13.0 Å². The molecule has 0 bridgehead atoms. The number of hydrogen-bond donors (Lipinski definition) is 4. The Hall–Kier alpha value is -2.98. The summed E-state index contributed by atoms with van der Waals surface area (Å²) in [5.74, 6) is 4.94. The number of ether oxygens (including phenoxy) is 2. The topological polar surface area (TPSA) is 146 Å². The molecule has 3 rings (SSSR count). The number of nitrogens with one attached hydrogen (secondary N) is 1. The molecule has 2 aromatic carbocycles. The van der Waals surface area contributed by atoms with Gasteiger partial charge in [0.05, 0.1) is 24.2 Å². The second-order valence-electron chi connectivity index (χ2n) is 7.81. The largest absolute Gasteiger partial charge is 0.493 e. The zero-order valence-electron chi connectivity index (χ0n) is 19.1. The van der Waals surface area contributed by atoms with Crippen LogP contribution < -0.4 is 10.2 Å². The van der Waals surface area contributed by atoms with Crippen molar-refractivity contribution >= 4 is 15.9 Å². The standard InChI is InChI=1S/C24H28N2O8S/c1-2-3-7-14-33-18-10-12-19(13-11-18)35(31,32)26-15-20(27)22(28)23(21(26)24(29)25-30)34-16-17-8-5-4-6-9-17/h4-6,8-13,20-23,27-28,30H,7,14-16H2,1H3,(H,25,29)/t20-,21-,22-,23-/m1/s1. The molecule has 1 heterocycles. The Bertz CT molecular complexity index is 1150. The van der Waals surface area contributed by atoms with Crippen molar-refractivity contribution in [1.82, 2.24) is 9.79 Å². The van der Waals surface area contributed by atoms with Gasteiger partial charge >= 0.3 is 0 Å². The third-order valence-corrected chi connectivity index (χ3v) is 7.35. The summed E-state index contributed by atoms with van der Waals surface area (Å²) in [5, 5.41) is 30.3. The SMILES string of the molecule is CC#CCCOc1ccc(S(=O)(=O)N2C[C@@H](O)[C@@H](O)[C@H](OCc3ccccc3)[C@@H]2C(=O)NO)cc1. The van der Waals surface area contributed by atoms with Gasteiger partial charge in [0.25, 0.3) is 5.91 Å². The Morgan fingerprint density at radius 1 is 1.14 bits per heavy atom. The zero-order chi connectivity index (χ0) is 25.4. The highest BCUT2D eigenvalue weighted by Gasteiger charge is 2.51. The maximum absolute atomic E-state index is 13.5. The van der Waals surface area contributed by atoms with Crippen LogP contribution in [0.5, 0.6) is 5.75 Å². The van der Waals surface area contributed by atoms with E-state index in [1.165, 1.54) is 29.7 Å². The van der Waals surface area contributed by atoms with Crippen LogP contribution in [0.15, 0.2) is 59.5 Å². The predicted octanol–water partition coefficient (Wildman–Crippen LogP) is 0.664. The lowest BCUT2D eigenvalue weighted by atomic mass is 9.95. The first-order chi connectivity index (χ1) is 16.8. The lowest BCUT2D eigenvalue weighted by Crippen LogP contribution is -2.67. The molecule has 0 radical (unpaired) electrons. The predicted molar refractivity (Wildman–Crippen MR) is 125 cm³/mol. The van der Waals surface area contributed by atoms with Gasteiger partial charge in [-0.3, -0.25) is 10.0 Å². The van der Waals surface area contributed by atoms with Crippen LogP contribution in [0.4, 0.5) is 0 Å². The molecule has 1 aliphatic rings. The van der Waals surface area contributed by atoms with Crippen LogP contribution in [0.3, 0.4) is 0 Å². The fraction of sp³-hybridized carbons (Fsp3) is 0.375. The minimum atomic E-state index is -4.35. The van der Waals surface area contributed by atoms with Crippen molar-refractivity contribution in [2.75, 3.05) is 13.2 Å². The molecule has 0 aliphatic carbocycles. The molecular weight excluding hydrogens is 476 g/mol. The Kier molecular flexibility index (Phi) is 9.22. The highest BCUT2D eigenvalue weighted by atomic mass is 32.2. The van der Waals surface area contributed by atoms with Crippen molar-refractivity contribution in [2.45, 2.75) is 49.2 Å². The quantitative estimate of drug-likeness (QED) is 0.169. The smallest absolute Gasteiger partial charge is 0.264 e. The molecule has 188 valence electrons. The number of hydrogen-bond acceptors (Lipinski definition) is 8. The Morgan fingerprint density at radius 3 is 2.46 bits per heavy atom. The van der Waals surface area contributed by atoms with E-state index >= 15 is 0 Å². The minimum absolute atomic E-state index is 0.0627. The molecule has 10 nitrogen and oxygen atoms in total. The number of β-amino-alcohol motifs (C(OH)–C–C–N with tert-alkyl or cyclic N) is 1. The molecule has 35 heavy (non-hydrogen) atoms. The van der Waals surface area contributed by atoms with Crippen molar-refractivity contribution in [2.24, 2.45) is 0 Å². The van der Waals surface area contributed by atoms with Crippen molar-refractivity contribution < 1.29 is 38.1 Å². The molecule has 2 aromatic rings. The number of benzene rings is 2. The van der Waals surface area contributed by atoms with Crippen LogP contribution >= 0.6 is 0 Å². The molecule has 0 unspecified atom stereocenters. The fourth-order valence-electron chi connectivity index (χ4n) is 3.71. The lowest BCUT2D eigenvalue weighted by molar-refractivity contribution is -0.167. The van der Waals surface area contributed by atoms with Crippen LogP contribution in [0.2, 0.25) is 0 Å². The van der Waals surface area contributed by atoms with E-state index in [0.29, 0.717) is 24.3 Å². The third kappa shape index (κ3) is 6.37. The first-order valence-electron chi connectivity index (χ1n) is 10.9. The van der Waals surface area contributed by atoms with Gasteiger partial charge in [-0.05, 0) is 36.8 Å². The van der Waals surface area contributed by atoms with Crippen molar-refractivity contribution in [3.05, 3.63) is 60.2 Å². The molecular formula is C24H28N2O8S. The zero-order valence-corrected chi connectivity index (χ0v) is 19.9. The normalized spacial score (nSPS) is 22.6. The number of piperidine rings is 1. The average Bonchev–Trinajstić information content (AvgIpc) is 2.87. The van der Waals surface area contributed by atoms with Gasteiger partial charge in [-0.15, -0.1) is 11.8 Å². The molecule has 11 heteroatoms. The molecule has 0 saturated carbocycles. The highest BCUT2D eigenvalue weighted by molar-refractivity contribution is 7.89. The molecule has 1 fully saturated rings. The fourth-order valence-corrected chi connectivity index (χ4v) is 5.33. The summed E-state index contributed by atoms with van der Waals surface area (Å²) in [6.45, 7) is 1.41. The molecule has 1 aliphatic heterocycles. The Labute approximate surface area is 204 Å². The number of amides is 1. The van der Waals surface area contributed by atoms with Crippen molar-refractivity contribution in [1.29, 1.82) is 0 Å². The van der Waals surface area contributed by atoms with Gasteiger partial charge < -0.3 is 19.7 Å². The monoisotopic (exact) mass is 504 g/mol. The molecule has 1 amide bonds. The Balaban J connectivity index is 1.86. The summed E-state index contributed by atoms with van der Waals surface area (Å²) in [7, 11) is -4.35. The van der Waals surface area contributed by atoms with E-state index < -0.39 is 46.8 Å². The number of hydroxylamine groups is 1. The van der Waals surface area contributed by atoms with Crippen molar-refractivity contribution in [3.8, 4) is 17.6 Å². The second-order valence-corrected chi connectivity index (χ2v) is 9.70. The third-order valence-electron chi connectivity index (χ3n) is 5.49. The number of carbonyl (C=O) groups is 1. The second kappa shape index (κ2) is 12.1. The van der Waals surface area contributed by atoms with E-state index in [4.69, 9.17) is 9.47 Å². The molecule has 0 aromatic heterocycles. The van der Waals surface area contributed by atoms with E-state index in [9.17, 15) is 28.6 Å². The maximum Gasteiger partial charge on any atom is 0.264 e. The van der Waals surface area contributed by atoms with E-state index in [1.54, 1.807) is 37.3 Å². The Morgan fingerprint density at radius 2 is 1.83 bits per heavy atom. The summed E-state index contributed by atoms with van der Waals surface area (Å²) in [6, 6.07) is 12.7. The number of aliphatic hydroxyl groups is 2. The summed E-state index contributed by atoms with van der Waals surface area (Å²) in [5.41, 5.74) is 2.15. The molecule has 0 spiro atoms. The van der Waals surface area contributed by atoms with Gasteiger partial charge in [0.1, 0.15) is 24.0 Å². The molecule has 4 atom stereocenters. The first kappa shape index (κ1) is 26.6. The average molecular weight is 505 g/mol. The van der Waals surface area contributed by atoms with Gasteiger partial charge in [-0.25, -0.2) is 13.9 Å². The number of aliphatic hydroxyl groups excluding tert-OH is 2. The summed E-state index contributed by atoms with van der Waals surface area (Å²) in [6.07, 6.45) is -4.04. The minimum Gasteiger partial charge on any atom is -0.493 e. The van der Waals surface area contributed by atoms with Gasteiger partial charge in [0.15, 0.2) is 0 Å². The number of nitrogens with zero attached hydrogens (tertiary/aromatic N) is 1. The molecule has 4 N–H and O–H groups in total. The van der Waals surface area contributed by atoms with Crippen LogP contribution in [0, 0.1) is 11.8 Å². The van der Waals surface area contributed by atoms with Crippen molar-refractivity contribution in [3.63, 3.8) is 0 Å². The number of carbonyl (C=O) groups excluding carboxylic acids is 1. The maximum atomic E-state index is 13.5. The van der Waals surface area contributed by atoms with Crippen LogP contribution in [-0.2, 0) is 26.2 Å². The summed E-state index contributed by atoms with van der Waals surface area (Å²) in [4.78, 5) is 12.4. The number of rotatable bonds is 9. The lowest BCUT2D eigenvalue weighted by Gasteiger charge is -2.43. The van der Waals surface area contributed by atoms with E-state index in [2.05, 4.69) is 11.8 Å². The highest BCUT2D eigenvalue weighted by Crippen LogP contribution is 2.29. The number of sulfonamides is 1.